The molecule has 2 N–H and O–H groups in total. The van der Waals surface area contributed by atoms with E-state index in [-0.39, 0.29) is 0 Å². The van der Waals surface area contributed by atoms with Crippen LogP contribution in [0.5, 0.6) is 5.88 Å². The van der Waals surface area contributed by atoms with E-state index in [1.165, 1.54) is 0 Å². The molecule has 1 aliphatic heterocycles. The van der Waals surface area contributed by atoms with Crippen molar-refractivity contribution in [3.63, 3.8) is 0 Å². The zero-order valence-corrected chi connectivity index (χ0v) is 15.5. The molecule has 1 fully saturated rings. The Kier molecular flexibility index (Phi) is 9.07. The van der Waals surface area contributed by atoms with Crippen molar-refractivity contribution in [1.82, 2.24) is 20.5 Å². The molecule has 7 nitrogen and oxygen atoms in total. The fourth-order valence-electron chi connectivity index (χ4n) is 2.47. The van der Waals surface area contributed by atoms with Crippen molar-refractivity contribution in [3.8, 4) is 5.88 Å². The van der Waals surface area contributed by atoms with Crippen LogP contribution >= 0.6 is 0 Å². The summed E-state index contributed by atoms with van der Waals surface area (Å²) in [5.41, 5.74) is 1.06. The fraction of sp³-hybridized carbons (Fsp3) is 0.667. The van der Waals surface area contributed by atoms with E-state index in [2.05, 4.69) is 39.4 Å². The van der Waals surface area contributed by atoms with Gasteiger partial charge in [0.1, 0.15) is 0 Å². The van der Waals surface area contributed by atoms with Gasteiger partial charge in [-0.1, -0.05) is 13.0 Å². The van der Waals surface area contributed by atoms with Crippen LogP contribution in [0.25, 0.3) is 0 Å². The third-order valence-electron chi connectivity index (χ3n) is 3.84. The molecule has 2 heterocycles. The van der Waals surface area contributed by atoms with E-state index in [9.17, 15) is 0 Å². The summed E-state index contributed by atoms with van der Waals surface area (Å²) >= 11 is 0. The van der Waals surface area contributed by atoms with Gasteiger partial charge in [-0.15, -0.1) is 0 Å². The molecule has 2 rings (SSSR count). The Bertz CT molecular complexity index is 501. The Morgan fingerprint density at radius 3 is 2.80 bits per heavy atom. The lowest BCUT2D eigenvalue weighted by atomic mass is 10.3. The molecule has 25 heavy (non-hydrogen) atoms. The lowest BCUT2D eigenvalue weighted by Gasteiger charge is -2.26. The van der Waals surface area contributed by atoms with Crippen LogP contribution in [0.15, 0.2) is 23.3 Å². The SMILES string of the molecule is CCCOc1ccc(CN=C(NCC)NCCN2CCOCC2)cn1. The van der Waals surface area contributed by atoms with Crippen molar-refractivity contribution in [3.05, 3.63) is 23.9 Å². The Morgan fingerprint density at radius 1 is 1.28 bits per heavy atom. The van der Waals surface area contributed by atoms with Gasteiger partial charge in [0.2, 0.25) is 5.88 Å². The molecular weight excluding hydrogens is 318 g/mol. The van der Waals surface area contributed by atoms with Crippen LogP contribution in [-0.4, -0.2) is 68.4 Å². The molecule has 140 valence electrons. The van der Waals surface area contributed by atoms with Crippen molar-refractivity contribution < 1.29 is 9.47 Å². The topological polar surface area (TPSA) is 71.0 Å². The summed E-state index contributed by atoms with van der Waals surface area (Å²) in [6.45, 7) is 11.8. The Balaban J connectivity index is 1.77. The van der Waals surface area contributed by atoms with E-state index in [1.807, 2.05) is 18.3 Å². The molecular formula is C18H31N5O2. The van der Waals surface area contributed by atoms with Crippen molar-refractivity contribution in [2.75, 3.05) is 52.5 Å². The maximum absolute atomic E-state index is 5.50. The van der Waals surface area contributed by atoms with E-state index in [4.69, 9.17) is 9.47 Å². The van der Waals surface area contributed by atoms with Gasteiger partial charge in [0, 0.05) is 45.0 Å². The van der Waals surface area contributed by atoms with Gasteiger partial charge in [0.05, 0.1) is 26.4 Å². The number of pyridine rings is 1. The second-order valence-corrected chi connectivity index (χ2v) is 5.93. The van der Waals surface area contributed by atoms with Gasteiger partial charge < -0.3 is 20.1 Å². The minimum absolute atomic E-state index is 0.591. The quantitative estimate of drug-likeness (QED) is 0.517. The zero-order chi connectivity index (χ0) is 17.7. The van der Waals surface area contributed by atoms with E-state index >= 15 is 0 Å². The normalized spacial score (nSPS) is 15.8. The van der Waals surface area contributed by atoms with E-state index in [0.29, 0.717) is 19.0 Å². The van der Waals surface area contributed by atoms with Crippen LogP contribution in [0.2, 0.25) is 0 Å². The molecule has 0 atom stereocenters. The summed E-state index contributed by atoms with van der Waals surface area (Å²) in [4.78, 5) is 11.3. The first-order valence-corrected chi connectivity index (χ1v) is 9.21. The number of guanidine groups is 1. The highest BCUT2D eigenvalue weighted by molar-refractivity contribution is 5.79. The predicted molar refractivity (Wildman–Crippen MR) is 100 cm³/mol. The zero-order valence-electron chi connectivity index (χ0n) is 15.5. The first kappa shape index (κ1) is 19.5. The largest absolute Gasteiger partial charge is 0.478 e. The van der Waals surface area contributed by atoms with Crippen molar-refractivity contribution in [1.29, 1.82) is 0 Å². The van der Waals surface area contributed by atoms with E-state index < -0.39 is 0 Å². The van der Waals surface area contributed by atoms with Crippen molar-refractivity contribution in [2.24, 2.45) is 4.99 Å². The number of rotatable bonds is 9. The number of hydrogen-bond donors (Lipinski definition) is 2. The fourth-order valence-corrected chi connectivity index (χ4v) is 2.47. The van der Waals surface area contributed by atoms with Crippen molar-refractivity contribution in [2.45, 2.75) is 26.8 Å². The highest BCUT2D eigenvalue weighted by atomic mass is 16.5. The van der Waals surface area contributed by atoms with Gasteiger partial charge in [-0.3, -0.25) is 4.90 Å². The summed E-state index contributed by atoms with van der Waals surface area (Å²) in [6, 6.07) is 3.91. The second-order valence-electron chi connectivity index (χ2n) is 5.93. The highest BCUT2D eigenvalue weighted by Crippen LogP contribution is 2.08. The minimum atomic E-state index is 0.591. The van der Waals surface area contributed by atoms with E-state index in [1.54, 1.807) is 0 Å². The third kappa shape index (κ3) is 7.70. The van der Waals surface area contributed by atoms with Crippen LogP contribution in [0.4, 0.5) is 0 Å². The molecule has 7 heteroatoms. The molecule has 0 bridgehead atoms. The summed E-state index contributed by atoms with van der Waals surface area (Å²) in [5, 5.41) is 6.67. The summed E-state index contributed by atoms with van der Waals surface area (Å²) in [5.74, 6) is 1.51. The number of morpholine rings is 1. The highest BCUT2D eigenvalue weighted by Gasteiger charge is 2.09. The maximum atomic E-state index is 5.50. The number of nitrogens with one attached hydrogen (secondary N) is 2. The first-order chi connectivity index (χ1) is 12.3. The van der Waals surface area contributed by atoms with E-state index in [0.717, 1.165) is 63.9 Å². The summed E-state index contributed by atoms with van der Waals surface area (Å²) in [6.07, 6.45) is 2.81. The lowest BCUT2D eigenvalue weighted by Crippen LogP contribution is -2.44. The average Bonchev–Trinajstić information content (AvgIpc) is 2.66. The predicted octanol–water partition coefficient (Wildman–Crippen LogP) is 1.26. The minimum Gasteiger partial charge on any atom is -0.478 e. The van der Waals surface area contributed by atoms with Crippen LogP contribution in [0.3, 0.4) is 0 Å². The third-order valence-corrected chi connectivity index (χ3v) is 3.84. The van der Waals surface area contributed by atoms with Crippen molar-refractivity contribution >= 4 is 5.96 Å². The molecule has 0 aliphatic carbocycles. The van der Waals surface area contributed by atoms with Gasteiger partial charge in [-0.05, 0) is 18.9 Å². The smallest absolute Gasteiger partial charge is 0.213 e. The molecule has 1 aromatic heterocycles. The summed E-state index contributed by atoms with van der Waals surface area (Å²) in [7, 11) is 0. The molecule has 0 unspecified atom stereocenters. The van der Waals surface area contributed by atoms with Crippen LogP contribution < -0.4 is 15.4 Å². The molecule has 0 radical (unpaired) electrons. The molecule has 0 saturated carbocycles. The molecule has 0 spiro atoms. The second kappa shape index (κ2) is 11.7. The van der Waals surface area contributed by atoms with Gasteiger partial charge >= 0.3 is 0 Å². The lowest BCUT2D eigenvalue weighted by molar-refractivity contribution is 0.0389. The van der Waals surface area contributed by atoms with Gasteiger partial charge in [0.15, 0.2) is 5.96 Å². The maximum Gasteiger partial charge on any atom is 0.213 e. The van der Waals surface area contributed by atoms with Gasteiger partial charge in [0.25, 0.3) is 0 Å². The Labute approximate surface area is 150 Å². The number of nitrogens with zero attached hydrogens (tertiary/aromatic N) is 3. The first-order valence-electron chi connectivity index (χ1n) is 9.21. The van der Waals surface area contributed by atoms with Gasteiger partial charge in [-0.25, -0.2) is 9.98 Å². The van der Waals surface area contributed by atoms with Gasteiger partial charge in [-0.2, -0.15) is 0 Å². The number of ether oxygens (including phenoxy) is 2. The van der Waals surface area contributed by atoms with Crippen LogP contribution in [0.1, 0.15) is 25.8 Å². The Hall–Kier alpha value is -1.86. The molecule has 0 amide bonds. The average molecular weight is 349 g/mol. The van der Waals surface area contributed by atoms with Crippen LogP contribution in [0, 0.1) is 0 Å². The molecule has 1 aliphatic rings. The number of aromatic nitrogens is 1. The molecule has 1 saturated heterocycles. The summed E-state index contributed by atoms with van der Waals surface area (Å²) < 4.78 is 10.9. The van der Waals surface area contributed by atoms with Crippen LogP contribution in [-0.2, 0) is 11.3 Å². The molecule has 0 aromatic carbocycles. The standard InChI is InChI=1S/C18H31N5O2/c1-3-11-25-17-6-5-16(14-21-17)15-22-18(19-4-2)20-7-8-23-9-12-24-13-10-23/h5-6,14H,3-4,7-13,15H2,1-2H3,(H2,19,20,22). The monoisotopic (exact) mass is 349 g/mol. The number of hydrogen-bond acceptors (Lipinski definition) is 5. The molecule has 1 aromatic rings. The Morgan fingerprint density at radius 2 is 2.12 bits per heavy atom. The number of aliphatic imine (C=N–C) groups is 1.